The zero-order valence-electron chi connectivity index (χ0n) is 11.6. The van der Waals surface area contributed by atoms with Crippen LogP contribution >= 0.6 is 0 Å². The van der Waals surface area contributed by atoms with Gasteiger partial charge in [-0.25, -0.2) is 4.39 Å². The summed E-state index contributed by atoms with van der Waals surface area (Å²) in [6, 6.07) is 9.53. The Bertz CT molecular complexity index is 650. The third-order valence-corrected chi connectivity index (χ3v) is 2.87. The molecule has 0 heterocycles. The molecule has 4 heteroatoms. The Labute approximate surface area is 117 Å². The van der Waals surface area contributed by atoms with E-state index in [1.807, 2.05) is 6.92 Å². The number of Topliss-reactive ketones (excluding diaryl/α,β-unsaturated/α-hetero) is 1. The molecule has 0 bridgehead atoms. The molecule has 0 N–H and O–H groups in total. The van der Waals surface area contributed by atoms with Crippen molar-refractivity contribution in [3.05, 3.63) is 53.3 Å². The maximum absolute atomic E-state index is 13.7. The van der Waals surface area contributed by atoms with Gasteiger partial charge < -0.3 is 9.47 Å². The van der Waals surface area contributed by atoms with Gasteiger partial charge in [-0.1, -0.05) is 12.1 Å². The normalized spacial score (nSPS) is 10.2. The van der Waals surface area contributed by atoms with Crippen LogP contribution in [0.4, 0.5) is 4.39 Å². The predicted octanol–water partition coefficient (Wildman–Crippen LogP) is 4.14. The highest BCUT2D eigenvalue weighted by atomic mass is 19.1. The fraction of sp³-hybridized carbons (Fsp3) is 0.188. The number of carbonyl (C=O) groups excluding carboxylic acids is 1. The molecule has 0 unspecified atom stereocenters. The molecule has 0 aliphatic heterocycles. The summed E-state index contributed by atoms with van der Waals surface area (Å²) in [5.74, 6) is 0.0867. The Morgan fingerprint density at radius 2 is 1.80 bits per heavy atom. The summed E-state index contributed by atoms with van der Waals surface area (Å²) in [5.41, 5.74) is 1.17. The molecule has 0 fully saturated rings. The van der Waals surface area contributed by atoms with Crippen molar-refractivity contribution in [1.29, 1.82) is 0 Å². The molecule has 0 aliphatic rings. The molecule has 20 heavy (non-hydrogen) atoms. The fourth-order valence-electron chi connectivity index (χ4n) is 1.92. The van der Waals surface area contributed by atoms with E-state index in [1.54, 1.807) is 30.3 Å². The van der Waals surface area contributed by atoms with Crippen molar-refractivity contribution < 1.29 is 18.7 Å². The second-order valence-corrected chi connectivity index (χ2v) is 4.43. The number of benzene rings is 2. The van der Waals surface area contributed by atoms with Gasteiger partial charge in [0.1, 0.15) is 17.1 Å². The minimum absolute atomic E-state index is 0.0840. The van der Waals surface area contributed by atoms with Gasteiger partial charge in [-0.15, -0.1) is 0 Å². The van der Waals surface area contributed by atoms with Crippen LogP contribution in [-0.4, -0.2) is 12.9 Å². The second-order valence-electron chi connectivity index (χ2n) is 4.43. The molecular weight excluding hydrogens is 259 g/mol. The van der Waals surface area contributed by atoms with Crippen LogP contribution in [0.5, 0.6) is 17.2 Å². The quantitative estimate of drug-likeness (QED) is 0.786. The van der Waals surface area contributed by atoms with Crippen molar-refractivity contribution in [2.75, 3.05) is 7.11 Å². The van der Waals surface area contributed by atoms with Gasteiger partial charge in [-0.05, 0) is 43.7 Å². The lowest BCUT2D eigenvalue weighted by atomic mass is 10.1. The van der Waals surface area contributed by atoms with Crippen molar-refractivity contribution >= 4 is 5.78 Å². The summed E-state index contributed by atoms with van der Waals surface area (Å²) in [7, 11) is 1.47. The fourth-order valence-corrected chi connectivity index (χ4v) is 1.92. The lowest BCUT2D eigenvalue weighted by Crippen LogP contribution is -2.01. The van der Waals surface area contributed by atoms with E-state index in [4.69, 9.17) is 9.47 Å². The van der Waals surface area contributed by atoms with Crippen molar-refractivity contribution in [2.24, 2.45) is 0 Å². The van der Waals surface area contributed by atoms with Crippen LogP contribution in [0.25, 0.3) is 0 Å². The number of aryl methyl sites for hydroxylation is 1. The van der Waals surface area contributed by atoms with E-state index in [-0.39, 0.29) is 17.3 Å². The summed E-state index contributed by atoms with van der Waals surface area (Å²) in [5, 5.41) is 0. The Hall–Kier alpha value is -2.36. The standard InChI is InChI=1S/C16H15FO3/c1-10-7-8-12(17)15(9-10)20-14-6-4-5-13(19-3)16(14)11(2)18/h4-9H,1-3H3. The molecule has 2 aromatic carbocycles. The van der Waals surface area contributed by atoms with Crippen molar-refractivity contribution in [3.63, 3.8) is 0 Å². The Morgan fingerprint density at radius 3 is 2.45 bits per heavy atom. The smallest absolute Gasteiger partial charge is 0.167 e. The Morgan fingerprint density at radius 1 is 1.10 bits per heavy atom. The van der Waals surface area contributed by atoms with E-state index in [2.05, 4.69) is 0 Å². The second kappa shape index (κ2) is 5.74. The minimum Gasteiger partial charge on any atom is -0.496 e. The summed E-state index contributed by atoms with van der Waals surface area (Å²) in [6.45, 7) is 3.25. The van der Waals surface area contributed by atoms with Gasteiger partial charge in [-0.2, -0.15) is 0 Å². The third-order valence-electron chi connectivity index (χ3n) is 2.87. The molecule has 0 aromatic heterocycles. The number of halogens is 1. The summed E-state index contributed by atoms with van der Waals surface area (Å²) < 4.78 is 24.4. The van der Waals surface area contributed by atoms with Crippen LogP contribution in [0.3, 0.4) is 0 Å². The van der Waals surface area contributed by atoms with Crippen LogP contribution in [0.2, 0.25) is 0 Å². The molecule has 104 valence electrons. The number of hydrogen-bond acceptors (Lipinski definition) is 3. The van der Waals surface area contributed by atoms with E-state index in [9.17, 15) is 9.18 Å². The highest BCUT2D eigenvalue weighted by Gasteiger charge is 2.16. The predicted molar refractivity (Wildman–Crippen MR) is 74.2 cm³/mol. The lowest BCUT2D eigenvalue weighted by molar-refractivity contribution is 0.101. The third kappa shape index (κ3) is 2.79. The highest BCUT2D eigenvalue weighted by molar-refractivity contribution is 5.99. The number of hydrogen-bond donors (Lipinski definition) is 0. The zero-order valence-corrected chi connectivity index (χ0v) is 11.6. The molecule has 0 aliphatic carbocycles. The molecule has 0 saturated heterocycles. The topological polar surface area (TPSA) is 35.5 Å². The SMILES string of the molecule is COc1cccc(Oc2cc(C)ccc2F)c1C(C)=O. The van der Waals surface area contributed by atoms with Gasteiger partial charge >= 0.3 is 0 Å². The van der Waals surface area contributed by atoms with Crippen molar-refractivity contribution in [1.82, 2.24) is 0 Å². The van der Waals surface area contributed by atoms with Gasteiger partial charge in [0.2, 0.25) is 0 Å². The van der Waals surface area contributed by atoms with Gasteiger partial charge in [0, 0.05) is 0 Å². The largest absolute Gasteiger partial charge is 0.496 e. The Balaban J connectivity index is 2.48. The monoisotopic (exact) mass is 274 g/mol. The molecule has 0 atom stereocenters. The average Bonchev–Trinajstić information content (AvgIpc) is 2.42. The molecule has 2 aromatic rings. The molecule has 0 spiro atoms. The number of rotatable bonds is 4. The van der Waals surface area contributed by atoms with Gasteiger partial charge in [0.25, 0.3) is 0 Å². The molecule has 0 amide bonds. The first kappa shape index (κ1) is 14.1. The zero-order chi connectivity index (χ0) is 14.7. The van der Waals surface area contributed by atoms with Crippen molar-refractivity contribution in [3.8, 4) is 17.2 Å². The molecular formula is C16H15FO3. The van der Waals surface area contributed by atoms with Crippen LogP contribution in [0.1, 0.15) is 22.8 Å². The first-order valence-corrected chi connectivity index (χ1v) is 6.15. The molecule has 3 nitrogen and oxygen atoms in total. The van der Waals surface area contributed by atoms with Gasteiger partial charge in [0.05, 0.1) is 7.11 Å². The van der Waals surface area contributed by atoms with Crippen LogP contribution < -0.4 is 9.47 Å². The Kier molecular flexibility index (Phi) is 4.03. The minimum atomic E-state index is -0.479. The van der Waals surface area contributed by atoms with Gasteiger partial charge in [0.15, 0.2) is 17.3 Å². The molecule has 0 saturated carbocycles. The maximum atomic E-state index is 13.7. The van der Waals surface area contributed by atoms with Gasteiger partial charge in [-0.3, -0.25) is 4.79 Å². The highest BCUT2D eigenvalue weighted by Crippen LogP contribution is 2.33. The van der Waals surface area contributed by atoms with E-state index >= 15 is 0 Å². The van der Waals surface area contributed by atoms with E-state index in [1.165, 1.54) is 20.1 Å². The van der Waals surface area contributed by atoms with E-state index < -0.39 is 5.82 Å². The lowest BCUT2D eigenvalue weighted by Gasteiger charge is -2.13. The number of carbonyl (C=O) groups is 1. The van der Waals surface area contributed by atoms with E-state index in [0.29, 0.717) is 11.3 Å². The van der Waals surface area contributed by atoms with E-state index in [0.717, 1.165) is 5.56 Å². The number of methoxy groups -OCH3 is 1. The summed E-state index contributed by atoms with van der Waals surface area (Å²) in [4.78, 5) is 11.7. The molecule has 0 radical (unpaired) electrons. The van der Waals surface area contributed by atoms with Crippen LogP contribution in [0, 0.1) is 12.7 Å². The molecule has 2 rings (SSSR count). The number of ether oxygens (including phenoxy) is 2. The summed E-state index contributed by atoms with van der Waals surface area (Å²) in [6.07, 6.45) is 0. The van der Waals surface area contributed by atoms with Crippen LogP contribution in [0.15, 0.2) is 36.4 Å². The first-order chi connectivity index (χ1) is 9.52. The van der Waals surface area contributed by atoms with Crippen molar-refractivity contribution in [2.45, 2.75) is 13.8 Å². The van der Waals surface area contributed by atoms with Crippen LogP contribution in [-0.2, 0) is 0 Å². The average molecular weight is 274 g/mol. The maximum Gasteiger partial charge on any atom is 0.167 e. The number of ketones is 1. The summed E-state index contributed by atoms with van der Waals surface area (Å²) >= 11 is 0. The first-order valence-electron chi connectivity index (χ1n) is 6.15.